The fraction of sp³-hybridized carbons (Fsp3) is 0.450. The van der Waals surface area contributed by atoms with Crippen LogP contribution in [0.5, 0.6) is 0 Å². The van der Waals surface area contributed by atoms with E-state index < -0.39 is 29.0 Å². The van der Waals surface area contributed by atoms with Crippen LogP contribution in [-0.2, 0) is 21.3 Å². The van der Waals surface area contributed by atoms with Gasteiger partial charge in [0.05, 0.1) is 28.0 Å². The Labute approximate surface area is 329 Å². The Morgan fingerprint density at radius 2 is 1.54 bits per heavy atom. The molecule has 4 heterocycles. The zero-order valence-corrected chi connectivity index (χ0v) is 33.4. The van der Waals surface area contributed by atoms with Gasteiger partial charge >= 0.3 is 12.2 Å². The quantitative estimate of drug-likeness (QED) is 0.224. The minimum absolute atomic E-state index is 0.00871. The number of hydrogen-bond donors (Lipinski definition) is 1. The van der Waals surface area contributed by atoms with Crippen LogP contribution in [-0.4, -0.2) is 109 Å². The molecule has 56 heavy (non-hydrogen) atoms. The predicted molar refractivity (Wildman–Crippen MR) is 208 cm³/mol. The Morgan fingerprint density at radius 3 is 2.20 bits per heavy atom. The third kappa shape index (κ3) is 8.83. The smallest absolute Gasteiger partial charge is 0.418 e. The summed E-state index contributed by atoms with van der Waals surface area (Å²) in [6.45, 7) is 13.2. The molecule has 16 heteroatoms. The minimum Gasteiger partial charge on any atom is -0.444 e. The maximum Gasteiger partial charge on any atom is 0.418 e. The van der Waals surface area contributed by atoms with E-state index in [2.05, 4.69) is 10.3 Å². The van der Waals surface area contributed by atoms with Crippen LogP contribution in [0.15, 0.2) is 48.8 Å². The van der Waals surface area contributed by atoms with Gasteiger partial charge in [0.25, 0.3) is 11.8 Å². The molecule has 0 aliphatic carbocycles. The molecule has 1 N–H and O–H groups in total. The van der Waals surface area contributed by atoms with Crippen molar-refractivity contribution in [3.8, 4) is 11.3 Å². The van der Waals surface area contributed by atoms with Crippen molar-refractivity contribution < 1.29 is 37.8 Å². The number of aromatic nitrogens is 3. The Balaban J connectivity index is 1.05. The molecule has 0 radical (unpaired) electrons. The summed E-state index contributed by atoms with van der Waals surface area (Å²) in [5.74, 6) is -1.43. The summed E-state index contributed by atoms with van der Waals surface area (Å²) in [5, 5.41) is 3.31. The lowest BCUT2D eigenvalue weighted by molar-refractivity contribution is -0.133. The maximum absolute atomic E-state index is 15.4. The van der Waals surface area contributed by atoms with Gasteiger partial charge in [0.2, 0.25) is 5.91 Å². The standard InChI is InChI=1S/C40H47ClFN7O7/c1-39(2,3)55-37(53)48-14-12-24(23-48)20-32(50)46-16-18-47(19-17-46)36(52)26-9-8-25(21-28(26)41)44-35(51)34-43-22-31(45(34)7)33-27-13-15-49(30(27)11-10-29(33)42)38(54)56-40(4,5)6/h8-11,13,15,21-22,24H,12,14,16-20,23H2,1-7H3,(H,44,51)/t24-/m0/s1. The fourth-order valence-electron chi connectivity index (χ4n) is 6.92. The molecular formula is C40H47ClFN7O7. The summed E-state index contributed by atoms with van der Waals surface area (Å²) in [6, 6.07) is 8.90. The third-order valence-corrected chi connectivity index (χ3v) is 9.95. The molecule has 2 aromatic heterocycles. The number of nitrogens with zero attached hydrogens (tertiary/aromatic N) is 6. The van der Waals surface area contributed by atoms with Crippen LogP contribution in [0.2, 0.25) is 5.02 Å². The first-order valence-corrected chi connectivity index (χ1v) is 18.9. The first-order valence-electron chi connectivity index (χ1n) is 18.5. The van der Waals surface area contributed by atoms with E-state index in [1.807, 2.05) is 20.8 Å². The van der Waals surface area contributed by atoms with Gasteiger partial charge in [0.1, 0.15) is 17.0 Å². The van der Waals surface area contributed by atoms with Crippen LogP contribution >= 0.6 is 11.6 Å². The normalized spacial score (nSPS) is 16.3. The molecule has 2 aliphatic rings. The second-order valence-corrected chi connectivity index (χ2v) is 16.6. The number of fused-ring (bicyclic) bond motifs is 1. The SMILES string of the molecule is Cn1c(-c2c(F)ccc3c2ccn3C(=O)OC(C)(C)C)cnc1C(=O)Nc1ccc(C(=O)N2CCN(C(=O)C[C@@H]3CCN(C(=O)OC(C)(C)C)C3)CC2)c(Cl)c1. The fourth-order valence-corrected chi connectivity index (χ4v) is 7.19. The molecule has 0 spiro atoms. The zero-order valence-electron chi connectivity index (χ0n) is 32.6. The summed E-state index contributed by atoms with van der Waals surface area (Å²) < 4.78 is 29.1. The number of carbonyl (C=O) groups excluding carboxylic acids is 5. The summed E-state index contributed by atoms with van der Waals surface area (Å²) in [5.41, 5.74) is 0.152. The number of halogens is 2. The number of carbonyl (C=O) groups is 5. The molecule has 0 unspecified atom stereocenters. The number of hydrogen-bond acceptors (Lipinski definition) is 8. The molecule has 14 nitrogen and oxygen atoms in total. The van der Waals surface area contributed by atoms with Crippen LogP contribution in [0.4, 0.5) is 19.7 Å². The van der Waals surface area contributed by atoms with E-state index in [-0.39, 0.29) is 45.8 Å². The van der Waals surface area contributed by atoms with Crippen LogP contribution in [0.25, 0.3) is 22.2 Å². The molecule has 0 bridgehead atoms. The van der Waals surface area contributed by atoms with Gasteiger partial charge in [-0.15, -0.1) is 0 Å². The highest BCUT2D eigenvalue weighted by Crippen LogP contribution is 2.33. The largest absolute Gasteiger partial charge is 0.444 e. The van der Waals surface area contributed by atoms with Gasteiger partial charge in [-0.3, -0.25) is 19.0 Å². The lowest BCUT2D eigenvalue weighted by atomic mass is 10.0. The number of rotatable bonds is 6. The van der Waals surface area contributed by atoms with Gasteiger partial charge in [0.15, 0.2) is 5.82 Å². The Bertz CT molecular complexity index is 2190. The van der Waals surface area contributed by atoms with Crippen molar-refractivity contribution in [1.29, 1.82) is 0 Å². The molecule has 1 atom stereocenters. The number of imidazole rings is 1. The number of amides is 4. The van der Waals surface area contributed by atoms with E-state index in [1.54, 1.807) is 54.7 Å². The number of ether oxygens (including phenoxy) is 2. The molecule has 4 amide bonds. The third-order valence-electron chi connectivity index (χ3n) is 9.64. The van der Waals surface area contributed by atoms with E-state index in [0.29, 0.717) is 68.0 Å². The molecule has 298 valence electrons. The Kier molecular flexibility index (Phi) is 11.2. The van der Waals surface area contributed by atoms with E-state index in [1.165, 1.54) is 45.8 Å². The maximum atomic E-state index is 15.4. The highest BCUT2D eigenvalue weighted by molar-refractivity contribution is 6.34. The minimum atomic E-state index is -0.729. The molecule has 6 rings (SSSR count). The highest BCUT2D eigenvalue weighted by Gasteiger charge is 2.33. The zero-order chi connectivity index (χ0) is 40.7. The van der Waals surface area contributed by atoms with E-state index in [0.717, 1.165) is 6.42 Å². The first kappa shape index (κ1) is 40.2. The van der Waals surface area contributed by atoms with Crippen molar-refractivity contribution in [2.75, 3.05) is 44.6 Å². The number of nitrogens with one attached hydrogen (secondary N) is 1. The van der Waals surface area contributed by atoms with Crippen LogP contribution in [0.1, 0.15) is 75.4 Å². The van der Waals surface area contributed by atoms with Gasteiger partial charge in [0, 0.05) is 75.6 Å². The summed E-state index contributed by atoms with van der Waals surface area (Å²) >= 11 is 6.57. The van der Waals surface area contributed by atoms with E-state index >= 15 is 4.39 Å². The molecule has 4 aromatic rings. The van der Waals surface area contributed by atoms with E-state index in [4.69, 9.17) is 21.1 Å². The first-order chi connectivity index (χ1) is 26.3. The topological polar surface area (TPSA) is 148 Å². The van der Waals surface area contributed by atoms with Crippen LogP contribution < -0.4 is 5.32 Å². The number of benzene rings is 2. The van der Waals surface area contributed by atoms with Gasteiger partial charge in [-0.1, -0.05) is 11.6 Å². The van der Waals surface area contributed by atoms with Crippen molar-refractivity contribution in [2.24, 2.45) is 13.0 Å². The second kappa shape index (κ2) is 15.6. The molecule has 2 aromatic carbocycles. The van der Waals surface area contributed by atoms with Crippen LogP contribution in [0.3, 0.4) is 0 Å². The summed E-state index contributed by atoms with van der Waals surface area (Å²) in [4.78, 5) is 74.5. The number of likely N-dealkylation sites (tertiary alicyclic amines) is 1. The van der Waals surface area contributed by atoms with Crippen molar-refractivity contribution in [3.63, 3.8) is 0 Å². The highest BCUT2D eigenvalue weighted by atomic mass is 35.5. The number of piperazine rings is 1. The molecule has 2 saturated heterocycles. The molecule has 0 saturated carbocycles. The monoisotopic (exact) mass is 791 g/mol. The average molecular weight is 792 g/mol. The van der Waals surface area contributed by atoms with Crippen molar-refractivity contribution >= 4 is 58.1 Å². The average Bonchev–Trinajstić information content (AvgIpc) is 3.85. The van der Waals surface area contributed by atoms with Gasteiger partial charge < -0.3 is 34.1 Å². The van der Waals surface area contributed by atoms with Crippen molar-refractivity contribution in [3.05, 3.63) is 71.0 Å². The molecular weight excluding hydrogens is 745 g/mol. The lowest BCUT2D eigenvalue weighted by Gasteiger charge is -2.35. The molecule has 2 aliphatic heterocycles. The predicted octanol–water partition coefficient (Wildman–Crippen LogP) is 6.80. The van der Waals surface area contributed by atoms with Gasteiger partial charge in [-0.05, 0) is 90.3 Å². The Morgan fingerprint density at radius 1 is 0.875 bits per heavy atom. The van der Waals surface area contributed by atoms with Gasteiger partial charge in [-0.25, -0.2) is 19.0 Å². The lowest BCUT2D eigenvalue weighted by Crippen LogP contribution is -2.51. The van der Waals surface area contributed by atoms with Crippen LogP contribution in [0, 0.1) is 11.7 Å². The van der Waals surface area contributed by atoms with Gasteiger partial charge in [-0.2, -0.15) is 0 Å². The summed E-state index contributed by atoms with van der Waals surface area (Å²) in [6.07, 6.45) is 2.97. The second-order valence-electron chi connectivity index (χ2n) is 16.2. The molecule has 2 fully saturated rings. The van der Waals surface area contributed by atoms with E-state index in [9.17, 15) is 24.0 Å². The Hall–Kier alpha value is -5.44. The van der Waals surface area contributed by atoms with Crippen molar-refractivity contribution in [1.82, 2.24) is 28.8 Å². The summed E-state index contributed by atoms with van der Waals surface area (Å²) in [7, 11) is 1.58. The van der Waals surface area contributed by atoms with Crippen molar-refractivity contribution in [2.45, 2.75) is 65.6 Å². The number of anilines is 1.